The van der Waals surface area contributed by atoms with E-state index in [1.807, 2.05) is 18.2 Å². The second-order valence-electron chi connectivity index (χ2n) is 5.45. The SMILES string of the molecule is CC(C)(C)c1ccc(Sc2cccc(N)c2)cc1. The first kappa shape index (κ1) is 13.0. The third-order valence-corrected chi connectivity index (χ3v) is 3.81. The Hall–Kier alpha value is -1.41. The van der Waals surface area contributed by atoms with Crippen LogP contribution in [0, 0.1) is 0 Å². The van der Waals surface area contributed by atoms with E-state index in [0.29, 0.717) is 0 Å². The predicted octanol–water partition coefficient (Wildman–Crippen LogP) is 4.72. The number of hydrogen-bond acceptors (Lipinski definition) is 2. The number of rotatable bonds is 2. The fourth-order valence-electron chi connectivity index (χ4n) is 1.74. The third kappa shape index (κ3) is 3.30. The monoisotopic (exact) mass is 257 g/mol. The zero-order valence-corrected chi connectivity index (χ0v) is 11.9. The van der Waals surface area contributed by atoms with Gasteiger partial charge in [0.05, 0.1) is 0 Å². The van der Waals surface area contributed by atoms with Gasteiger partial charge in [-0.1, -0.05) is 50.7 Å². The maximum absolute atomic E-state index is 5.78. The highest BCUT2D eigenvalue weighted by molar-refractivity contribution is 7.99. The molecule has 0 fully saturated rings. The molecule has 0 atom stereocenters. The first-order chi connectivity index (χ1) is 8.45. The Morgan fingerprint density at radius 3 is 2.11 bits per heavy atom. The van der Waals surface area contributed by atoms with Crippen LogP contribution in [0.5, 0.6) is 0 Å². The summed E-state index contributed by atoms with van der Waals surface area (Å²) in [7, 11) is 0. The Balaban J connectivity index is 2.16. The van der Waals surface area contributed by atoms with Crippen LogP contribution >= 0.6 is 11.8 Å². The standard InChI is InChI=1S/C16H19NS/c1-16(2,3)12-7-9-14(10-8-12)18-15-6-4-5-13(17)11-15/h4-11H,17H2,1-3H3. The molecule has 0 aliphatic rings. The van der Waals surface area contributed by atoms with Gasteiger partial charge in [-0.05, 0) is 41.3 Å². The van der Waals surface area contributed by atoms with Crippen molar-refractivity contribution < 1.29 is 0 Å². The minimum absolute atomic E-state index is 0.209. The van der Waals surface area contributed by atoms with Crippen molar-refractivity contribution in [2.75, 3.05) is 5.73 Å². The zero-order chi connectivity index (χ0) is 13.2. The van der Waals surface area contributed by atoms with E-state index in [1.165, 1.54) is 15.4 Å². The number of nitrogens with two attached hydrogens (primary N) is 1. The van der Waals surface area contributed by atoms with Crippen molar-refractivity contribution in [2.24, 2.45) is 0 Å². The van der Waals surface area contributed by atoms with Gasteiger partial charge in [-0.2, -0.15) is 0 Å². The van der Waals surface area contributed by atoms with Crippen molar-refractivity contribution >= 4 is 17.4 Å². The fraction of sp³-hybridized carbons (Fsp3) is 0.250. The summed E-state index contributed by atoms with van der Waals surface area (Å²) in [6.07, 6.45) is 0. The minimum atomic E-state index is 0.209. The van der Waals surface area contributed by atoms with Crippen LogP contribution in [-0.2, 0) is 5.41 Å². The summed E-state index contributed by atoms with van der Waals surface area (Å²) in [5.41, 5.74) is 8.16. The van der Waals surface area contributed by atoms with E-state index in [4.69, 9.17) is 5.73 Å². The van der Waals surface area contributed by atoms with Crippen molar-refractivity contribution in [1.82, 2.24) is 0 Å². The highest BCUT2D eigenvalue weighted by atomic mass is 32.2. The highest BCUT2D eigenvalue weighted by Gasteiger charge is 2.12. The number of nitrogen functional groups attached to an aromatic ring is 1. The summed E-state index contributed by atoms with van der Waals surface area (Å²) in [6.45, 7) is 6.69. The van der Waals surface area contributed by atoms with Crippen LogP contribution in [0.2, 0.25) is 0 Å². The molecule has 0 aliphatic carbocycles. The Bertz CT molecular complexity index is 524. The molecule has 2 rings (SSSR count). The van der Waals surface area contributed by atoms with Crippen LogP contribution in [0.25, 0.3) is 0 Å². The molecule has 0 bridgehead atoms. The lowest BCUT2D eigenvalue weighted by atomic mass is 9.87. The molecular weight excluding hydrogens is 238 g/mol. The summed E-state index contributed by atoms with van der Waals surface area (Å²) in [6, 6.07) is 16.7. The van der Waals surface area contributed by atoms with Gasteiger partial charge in [0.1, 0.15) is 0 Å². The maximum Gasteiger partial charge on any atom is 0.0325 e. The molecular formula is C16H19NS. The Morgan fingerprint density at radius 2 is 1.56 bits per heavy atom. The Labute approximate surface area is 113 Å². The molecule has 18 heavy (non-hydrogen) atoms. The normalized spacial score (nSPS) is 11.5. The van der Waals surface area contributed by atoms with E-state index in [9.17, 15) is 0 Å². The van der Waals surface area contributed by atoms with Gasteiger partial charge in [-0.15, -0.1) is 0 Å². The molecule has 2 N–H and O–H groups in total. The Kier molecular flexibility index (Phi) is 3.67. The van der Waals surface area contributed by atoms with Crippen molar-refractivity contribution in [3.63, 3.8) is 0 Å². The summed E-state index contributed by atoms with van der Waals surface area (Å²) in [5.74, 6) is 0. The van der Waals surface area contributed by atoms with Crippen molar-refractivity contribution in [2.45, 2.75) is 36.0 Å². The van der Waals surface area contributed by atoms with E-state index < -0.39 is 0 Å². The smallest absolute Gasteiger partial charge is 0.0325 e. The van der Waals surface area contributed by atoms with Gasteiger partial charge < -0.3 is 5.73 Å². The molecule has 2 aromatic rings. The fourth-order valence-corrected chi connectivity index (χ4v) is 2.62. The molecule has 2 aromatic carbocycles. The molecule has 0 unspecified atom stereocenters. The van der Waals surface area contributed by atoms with Gasteiger partial charge in [0, 0.05) is 15.5 Å². The van der Waals surface area contributed by atoms with Crippen LogP contribution in [0.15, 0.2) is 58.3 Å². The van der Waals surface area contributed by atoms with Crippen LogP contribution in [0.3, 0.4) is 0 Å². The number of hydrogen-bond donors (Lipinski definition) is 1. The highest BCUT2D eigenvalue weighted by Crippen LogP contribution is 2.30. The summed E-state index contributed by atoms with van der Waals surface area (Å²) in [4.78, 5) is 2.42. The quantitative estimate of drug-likeness (QED) is 0.788. The lowest BCUT2D eigenvalue weighted by molar-refractivity contribution is 0.590. The third-order valence-electron chi connectivity index (χ3n) is 2.81. The van der Waals surface area contributed by atoms with E-state index in [-0.39, 0.29) is 5.41 Å². The van der Waals surface area contributed by atoms with E-state index in [0.717, 1.165) is 5.69 Å². The summed E-state index contributed by atoms with van der Waals surface area (Å²) >= 11 is 1.74. The summed E-state index contributed by atoms with van der Waals surface area (Å²) in [5, 5.41) is 0. The van der Waals surface area contributed by atoms with E-state index in [2.05, 4.69) is 51.1 Å². The molecule has 0 heterocycles. The van der Waals surface area contributed by atoms with Gasteiger partial charge >= 0.3 is 0 Å². The van der Waals surface area contributed by atoms with Gasteiger partial charge in [-0.3, -0.25) is 0 Å². The van der Waals surface area contributed by atoms with Crippen LogP contribution in [0.4, 0.5) is 5.69 Å². The lowest BCUT2D eigenvalue weighted by Crippen LogP contribution is -2.10. The van der Waals surface area contributed by atoms with Crippen molar-refractivity contribution in [3.8, 4) is 0 Å². The average Bonchev–Trinajstić information content (AvgIpc) is 2.28. The maximum atomic E-state index is 5.78. The summed E-state index contributed by atoms with van der Waals surface area (Å²) < 4.78 is 0. The topological polar surface area (TPSA) is 26.0 Å². The first-order valence-electron chi connectivity index (χ1n) is 6.09. The van der Waals surface area contributed by atoms with Crippen LogP contribution in [-0.4, -0.2) is 0 Å². The zero-order valence-electron chi connectivity index (χ0n) is 11.1. The molecule has 0 aliphatic heterocycles. The van der Waals surface area contributed by atoms with Gasteiger partial charge in [-0.25, -0.2) is 0 Å². The van der Waals surface area contributed by atoms with Gasteiger partial charge in [0.25, 0.3) is 0 Å². The molecule has 0 saturated heterocycles. The van der Waals surface area contributed by atoms with Crippen molar-refractivity contribution in [1.29, 1.82) is 0 Å². The molecule has 0 spiro atoms. The molecule has 94 valence electrons. The first-order valence-corrected chi connectivity index (χ1v) is 6.91. The lowest BCUT2D eigenvalue weighted by Gasteiger charge is -2.19. The second-order valence-corrected chi connectivity index (χ2v) is 6.60. The Morgan fingerprint density at radius 1 is 0.889 bits per heavy atom. The van der Waals surface area contributed by atoms with E-state index in [1.54, 1.807) is 11.8 Å². The molecule has 0 radical (unpaired) electrons. The molecule has 2 heteroatoms. The average molecular weight is 257 g/mol. The predicted molar refractivity (Wildman–Crippen MR) is 80.1 cm³/mol. The van der Waals surface area contributed by atoms with Gasteiger partial charge in [0.2, 0.25) is 0 Å². The van der Waals surface area contributed by atoms with Gasteiger partial charge in [0.15, 0.2) is 0 Å². The number of anilines is 1. The van der Waals surface area contributed by atoms with E-state index >= 15 is 0 Å². The number of benzene rings is 2. The minimum Gasteiger partial charge on any atom is -0.399 e. The van der Waals surface area contributed by atoms with Crippen molar-refractivity contribution in [3.05, 3.63) is 54.1 Å². The van der Waals surface area contributed by atoms with Crippen LogP contribution < -0.4 is 5.73 Å². The molecule has 1 nitrogen and oxygen atoms in total. The molecule has 0 saturated carbocycles. The largest absolute Gasteiger partial charge is 0.399 e. The molecule has 0 aromatic heterocycles. The second kappa shape index (κ2) is 5.07. The molecule has 0 amide bonds. The van der Waals surface area contributed by atoms with Crippen LogP contribution in [0.1, 0.15) is 26.3 Å².